The fourth-order valence-electron chi connectivity index (χ4n) is 1.95. The van der Waals surface area contributed by atoms with Gasteiger partial charge >= 0.3 is 5.97 Å². The van der Waals surface area contributed by atoms with Crippen molar-refractivity contribution in [3.63, 3.8) is 0 Å². The van der Waals surface area contributed by atoms with Crippen LogP contribution in [0.5, 0.6) is 5.75 Å². The van der Waals surface area contributed by atoms with E-state index in [1.807, 2.05) is 24.4 Å². The third-order valence-electron chi connectivity index (χ3n) is 3.15. The number of ether oxygens (including phenoxy) is 2. The average Bonchev–Trinajstić information content (AvgIpc) is 3.13. The van der Waals surface area contributed by atoms with Crippen LogP contribution >= 0.6 is 11.3 Å². The van der Waals surface area contributed by atoms with E-state index in [1.54, 1.807) is 0 Å². The summed E-state index contributed by atoms with van der Waals surface area (Å²) < 4.78 is 10.1. The Morgan fingerprint density at radius 2 is 1.88 bits per heavy atom. The Hall–Kier alpha value is -2.87. The van der Waals surface area contributed by atoms with Crippen LogP contribution in [0.25, 0.3) is 0 Å². The van der Waals surface area contributed by atoms with Crippen molar-refractivity contribution in [3.8, 4) is 5.75 Å². The molecular formula is C17H18N2O5S. The summed E-state index contributed by atoms with van der Waals surface area (Å²) in [5.41, 5.74) is 5.25. The van der Waals surface area contributed by atoms with Gasteiger partial charge in [-0.05, 0) is 42.6 Å². The quantitative estimate of drug-likeness (QED) is 0.694. The lowest BCUT2D eigenvalue weighted by molar-refractivity contribution is -0.124. The van der Waals surface area contributed by atoms with Crippen molar-refractivity contribution in [2.24, 2.45) is 5.73 Å². The monoisotopic (exact) mass is 362 g/mol. The highest BCUT2D eigenvalue weighted by Crippen LogP contribution is 2.18. The molecule has 0 bridgehead atoms. The number of esters is 1. The molecule has 0 spiro atoms. The molecule has 7 nitrogen and oxygen atoms in total. The first-order valence-corrected chi connectivity index (χ1v) is 8.34. The van der Waals surface area contributed by atoms with E-state index < -0.39 is 11.9 Å². The molecule has 1 aromatic heterocycles. The van der Waals surface area contributed by atoms with Crippen LogP contribution in [-0.2, 0) is 14.3 Å². The number of benzene rings is 1. The minimum Gasteiger partial charge on any atom is -0.484 e. The van der Waals surface area contributed by atoms with Crippen molar-refractivity contribution in [1.29, 1.82) is 0 Å². The van der Waals surface area contributed by atoms with Crippen molar-refractivity contribution < 1.29 is 23.9 Å². The standard InChI is InChI=1S/C17H18N2O5S/c1-11(14-3-2-8-25-14)19-16(21)10-24-17(22)12-4-6-13(7-5-12)23-9-15(18)20/h2-8,11H,9-10H2,1H3,(H2,18,20)(H,19,21)/t11-/m0/s1. The van der Waals surface area contributed by atoms with Crippen molar-refractivity contribution in [2.75, 3.05) is 13.2 Å². The summed E-state index contributed by atoms with van der Waals surface area (Å²) in [7, 11) is 0. The average molecular weight is 362 g/mol. The lowest BCUT2D eigenvalue weighted by atomic mass is 10.2. The number of amides is 2. The van der Waals surface area contributed by atoms with Crippen LogP contribution < -0.4 is 15.8 Å². The van der Waals surface area contributed by atoms with Crippen LogP contribution in [0.1, 0.15) is 28.2 Å². The molecular weight excluding hydrogens is 344 g/mol. The number of carbonyl (C=O) groups is 3. The molecule has 2 rings (SSSR count). The molecule has 2 aromatic rings. The van der Waals surface area contributed by atoms with E-state index in [4.69, 9.17) is 15.2 Å². The second-order valence-electron chi connectivity index (χ2n) is 5.16. The molecule has 25 heavy (non-hydrogen) atoms. The molecule has 1 heterocycles. The number of hydrogen-bond donors (Lipinski definition) is 2. The SMILES string of the molecule is C[C@H](NC(=O)COC(=O)c1ccc(OCC(N)=O)cc1)c1cccs1. The summed E-state index contributed by atoms with van der Waals surface area (Å²) >= 11 is 1.54. The van der Waals surface area contributed by atoms with E-state index in [2.05, 4.69) is 5.32 Å². The van der Waals surface area contributed by atoms with Gasteiger partial charge in [-0.3, -0.25) is 9.59 Å². The van der Waals surface area contributed by atoms with Gasteiger partial charge in [-0.15, -0.1) is 11.3 Å². The predicted octanol–water partition coefficient (Wildman–Crippen LogP) is 1.65. The minimum absolute atomic E-state index is 0.145. The molecule has 0 aliphatic carbocycles. The van der Waals surface area contributed by atoms with E-state index in [9.17, 15) is 14.4 Å². The molecule has 1 aromatic carbocycles. The summed E-state index contributed by atoms with van der Waals surface area (Å²) in [5.74, 6) is -1.19. The van der Waals surface area contributed by atoms with Crippen molar-refractivity contribution in [2.45, 2.75) is 13.0 Å². The largest absolute Gasteiger partial charge is 0.484 e. The first-order chi connectivity index (χ1) is 12.0. The van der Waals surface area contributed by atoms with Crippen LogP contribution in [0.4, 0.5) is 0 Å². The fraction of sp³-hybridized carbons (Fsp3) is 0.235. The number of nitrogens with two attached hydrogens (primary N) is 1. The van der Waals surface area contributed by atoms with E-state index >= 15 is 0 Å². The van der Waals surface area contributed by atoms with Gasteiger partial charge in [0.05, 0.1) is 11.6 Å². The number of rotatable bonds is 8. The first-order valence-electron chi connectivity index (χ1n) is 7.46. The van der Waals surface area contributed by atoms with E-state index in [0.29, 0.717) is 5.75 Å². The zero-order valence-corrected chi connectivity index (χ0v) is 14.4. The topological polar surface area (TPSA) is 108 Å². The summed E-state index contributed by atoms with van der Waals surface area (Å²) in [6.07, 6.45) is 0. The van der Waals surface area contributed by atoms with Crippen molar-refractivity contribution in [3.05, 3.63) is 52.2 Å². The third-order valence-corrected chi connectivity index (χ3v) is 4.21. The molecule has 3 N–H and O–H groups in total. The summed E-state index contributed by atoms with van der Waals surface area (Å²) in [5, 5.41) is 4.68. The van der Waals surface area contributed by atoms with Gasteiger partial charge in [-0.1, -0.05) is 6.07 Å². The highest BCUT2D eigenvalue weighted by molar-refractivity contribution is 7.10. The van der Waals surface area contributed by atoms with Crippen LogP contribution in [0.3, 0.4) is 0 Å². The Labute approximate surface area is 148 Å². The first kappa shape index (κ1) is 18.5. The lowest BCUT2D eigenvalue weighted by Gasteiger charge is -2.12. The second-order valence-corrected chi connectivity index (χ2v) is 6.14. The highest BCUT2D eigenvalue weighted by atomic mass is 32.1. The second kappa shape index (κ2) is 8.84. The van der Waals surface area contributed by atoms with Gasteiger partial charge in [0.25, 0.3) is 11.8 Å². The number of thiophene rings is 1. The Morgan fingerprint density at radius 3 is 2.48 bits per heavy atom. The molecule has 0 saturated carbocycles. The van der Waals surface area contributed by atoms with Gasteiger partial charge < -0.3 is 20.5 Å². The molecule has 0 unspecified atom stereocenters. The summed E-state index contributed by atoms with van der Waals surface area (Å²) in [6.45, 7) is 1.25. The molecule has 8 heteroatoms. The van der Waals surface area contributed by atoms with Gasteiger partial charge in [0.2, 0.25) is 0 Å². The Morgan fingerprint density at radius 1 is 1.16 bits per heavy atom. The molecule has 132 valence electrons. The maximum absolute atomic E-state index is 11.9. The van der Waals surface area contributed by atoms with Gasteiger partial charge in [-0.25, -0.2) is 4.79 Å². The van der Waals surface area contributed by atoms with E-state index in [1.165, 1.54) is 35.6 Å². The lowest BCUT2D eigenvalue weighted by Crippen LogP contribution is -2.30. The van der Waals surface area contributed by atoms with Gasteiger partial charge in [0.1, 0.15) is 5.75 Å². The number of carbonyl (C=O) groups excluding carboxylic acids is 3. The van der Waals surface area contributed by atoms with Crippen LogP contribution in [0.2, 0.25) is 0 Å². The Bertz CT molecular complexity index is 728. The summed E-state index contributed by atoms with van der Waals surface area (Å²) in [6, 6.07) is 9.66. The molecule has 0 saturated heterocycles. The van der Waals surface area contributed by atoms with Crippen LogP contribution in [0.15, 0.2) is 41.8 Å². The molecule has 1 atom stereocenters. The molecule has 0 radical (unpaired) electrons. The predicted molar refractivity (Wildman–Crippen MR) is 92.3 cm³/mol. The number of primary amides is 1. The van der Waals surface area contributed by atoms with Gasteiger partial charge in [0, 0.05) is 4.88 Å². The third kappa shape index (κ3) is 5.92. The fourth-order valence-corrected chi connectivity index (χ4v) is 2.68. The smallest absolute Gasteiger partial charge is 0.338 e. The Kier molecular flexibility index (Phi) is 6.53. The molecule has 0 aliphatic rings. The zero-order valence-electron chi connectivity index (χ0n) is 13.6. The number of nitrogens with one attached hydrogen (secondary N) is 1. The Balaban J connectivity index is 1.79. The van der Waals surface area contributed by atoms with Gasteiger partial charge in [0.15, 0.2) is 13.2 Å². The van der Waals surface area contributed by atoms with Crippen LogP contribution in [0, 0.1) is 0 Å². The minimum atomic E-state index is -0.625. The molecule has 0 aliphatic heterocycles. The zero-order chi connectivity index (χ0) is 18.2. The van der Waals surface area contributed by atoms with E-state index in [-0.39, 0.29) is 30.7 Å². The maximum atomic E-state index is 11.9. The molecule has 2 amide bonds. The van der Waals surface area contributed by atoms with Gasteiger partial charge in [-0.2, -0.15) is 0 Å². The maximum Gasteiger partial charge on any atom is 0.338 e. The van der Waals surface area contributed by atoms with Crippen LogP contribution in [-0.4, -0.2) is 31.0 Å². The van der Waals surface area contributed by atoms with E-state index in [0.717, 1.165) is 4.88 Å². The highest BCUT2D eigenvalue weighted by Gasteiger charge is 2.13. The summed E-state index contributed by atoms with van der Waals surface area (Å²) in [4.78, 5) is 35.4. The number of hydrogen-bond acceptors (Lipinski definition) is 6. The molecule has 0 fully saturated rings. The van der Waals surface area contributed by atoms with Crippen molar-refractivity contribution in [1.82, 2.24) is 5.32 Å². The normalized spacial score (nSPS) is 11.4. The van der Waals surface area contributed by atoms with Crippen molar-refractivity contribution >= 4 is 29.1 Å².